The molecule has 30 heavy (non-hydrogen) atoms. The van der Waals surface area contributed by atoms with Gasteiger partial charge < -0.3 is 10.2 Å². The summed E-state index contributed by atoms with van der Waals surface area (Å²) in [7, 11) is 0. The number of nitrogens with zero attached hydrogens (tertiary/aromatic N) is 5. The van der Waals surface area contributed by atoms with Crippen molar-refractivity contribution in [3.05, 3.63) is 71.9 Å². The number of pyridine rings is 2. The molecule has 10 heteroatoms. The van der Waals surface area contributed by atoms with Gasteiger partial charge in [0.05, 0.1) is 22.9 Å². The zero-order valence-corrected chi connectivity index (χ0v) is 15.7. The summed E-state index contributed by atoms with van der Waals surface area (Å²) >= 11 is 0. The van der Waals surface area contributed by atoms with Crippen LogP contribution in [0.1, 0.15) is 40.5 Å². The Morgan fingerprint density at radius 1 is 1.13 bits per heavy atom. The maximum atomic E-state index is 12.9. The molecule has 154 valence electrons. The first kappa shape index (κ1) is 19.7. The van der Waals surface area contributed by atoms with E-state index in [1.807, 2.05) is 0 Å². The predicted octanol–water partition coefficient (Wildman–Crippen LogP) is 4.01. The van der Waals surface area contributed by atoms with Crippen LogP contribution in [0.15, 0.2) is 55.1 Å². The van der Waals surface area contributed by atoms with Crippen LogP contribution >= 0.6 is 0 Å². The Balaban J connectivity index is 1.55. The van der Waals surface area contributed by atoms with Gasteiger partial charge in [0.25, 0.3) is 5.91 Å². The Labute approximate surface area is 170 Å². The monoisotopic (exact) mass is 414 g/mol. The van der Waals surface area contributed by atoms with Crippen LogP contribution in [-0.4, -0.2) is 37.3 Å². The lowest BCUT2D eigenvalue weighted by Crippen LogP contribution is -2.31. The Kier molecular flexibility index (Phi) is 5.30. The van der Waals surface area contributed by atoms with Crippen molar-refractivity contribution in [2.75, 3.05) is 11.9 Å². The number of amides is 1. The molecule has 1 aliphatic heterocycles. The molecule has 7 nitrogen and oxygen atoms in total. The molecule has 3 aromatic rings. The number of carbonyl (C=O) groups excluding carboxylic acids is 1. The largest absolute Gasteiger partial charge is 0.416 e. The van der Waals surface area contributed by atoms with Crippen LogP contribution in [0.25, 0.3) is 0 Å². The number of likely N-dealkylation sites (tertiary alicyclic amines) is 1. The summed E-state index contributed by atoms with van der Waals surface area (Å²) in [5.41, 5.74) is 0.277. The Hall–Kier alpha value is -3.56. The molecule has 4 rings (SSSR count). The first-order valence-corrected chi connectivity index (χ1v) is 9.26. The van der Waals surface area contributed by atoms with E-state index in [-0.39, 0.29) is 23.7 Å². The summed E-state index contributed by atoms with van der Waals surface area (Å²) in [6.45, 7) is 0.584. The number of anilines is 2. The van der Waals surface area contributed by atoms with Gasteiger partial charge in [-0.05, 0) is 43.2 Å². The summed E-state index contributed by atoms with van der Waals surface area (Å²) in [5.74, 6) is -0.0463. The highest BCUT2D eigenvalue weighted by Gasteiger charge is 2.32. The van der Waals surface area contributed by atoms with Crippen LogP contribution in [0.3, 0.4) is 0 Å². The lowest BCUT2D eigenvalue weighted by Gasteiger charge is -2.24. The summed E-state index contributed by atoms with van der Waals surface area (Å²) < 4.78 is 38.7. The second-order valence-corrected chi connectivity index (χ2v) is 6.76. The maximum absolute atomic E-state index is 12.9. The van der Waals surface area contributed by atoms with Crippen LogP contribution in [0.2, 0.25) is 0 Å². The molecule has 0 aromatic carbocycles. The first-order valence-electron chi connectivity index (χ1n) is 9.26. The van der Waals surface area contributed by atoms with Crippen molar-refractivity contribution in [3.63, 3.8) is 0 Å². The van der Waals surface area contributed by atoms with E-state index in [2.05, 4.69) is 25.3 Å². The zero-order chi connectivity index (χ0) is 21.1. The van der Waals surface area contributed by atoms with Crippen molar-refractivity contribution in [3.8, 4) is 0 Å². The van der Waals surface area contributed by atoms with Crippen molar-refractivity contribution in [2.24, 2.45) is 0 Å². The van der Waals surface area contributed by atoms with Crippen molar-refractivity contribution in [2.45, 2.75) is 25.1 Å². The average molecular weight is 414 g/mol. The van der Waals surface area contributed by atoms with Crippen molar-refractivity contribution in [1.82, 2.24) is 24.8 Å². The second-order valence-electron chi connectivity index (χ2n) is 6.76. The minimum absolute atomic E-state index is 0.0170. The molecule has 1 fully saturated rings. The molecular weight excluding hydrogens is 397 g/mol. The predicted molar refractivity (Wildman–Crippen MR) is 102 cm³/mol. The number of halogens is 3. The number of aromatic nitrogens is 4. The molecular formula is C20H17F3N6O. The van der Waals surface area contributed by atoms with E-state index < -0.39 is 11.7 Å². The molecule has 0 saturated carbocycles. The fourth-order valence-electron chi connectivity index (χ4n) is 3.38. The maximum Gasteiger partial charge on any atom is 0.416 e. The van der Waals surface area contributed by atoms with E-state index in [1.165, 1.54) is 12.4 Å². The molecule has 3 aromatic heterocycles. The van der Waals surface area contributed by atoms with Crippen LogP contribution in [0.4, 0.5) is 24.9 Å². The van der Waals surface area contributed by atoms with Gasteiger partial charge in [-0.25, -0.2) is 15.0 Å². The molecule has 1 saturated heterocycles. The van der Waals surface area contributed by atoms with Gasteiger partial charge in [0.15, 0.2) is 0 Å². The summed E-state index contributed by atoms with van der Waals surface area (Å²) in [6.07, 6.45) is 2.76. The topological polar surface area (TPSA) is 83.9 Å². The van der Waals surface area contributed by atoms with Crippen molar-refractivity contribution < 1.29 is 18.0 Å². The molecule has 0 unspecified atom stereocenters. The third-order valence-corrected chi connectivity index (χ3v) is 4.77. The van der Waals surface area contributed by atoms with E-state index in [0.717, 1.165) is 31.2 Å². The highest BCUT2D eigenvalue weighted by molar-refractivity contribution is 5.94. The Morgan fingerprint density at radius 3 is 2.73 bits per heavy atom. The van der Waals surface area contributed by atoms with E-state index in [1.54, 1.807) is 29.3 Å². The van der Waals surface area contributed by atoms with Crippen LogP contribution in [-0.2, 0) is 6.18 Å². The van der Waals surface area contributed by atoms with E-state index in [9.17, 15) is 18.0 Å². The fourth-order valence-corrected chi connectivity index (χ4v) is 3.38. The molecule has 0 aliphatic carbocycles. The summed E-state index contributed by atoms with van der Waals surface area (Å²) in [5, 5.41) is 2.71. The lowest BCUT2D eigenvalue weighted by molar-refractivity contribution is -0.137. The first-order chi connectivity index (χ1) is 14.4. The molecule has 0 radical (unpaired) electrons. The highest BCUT2D eigenvalue weighted by atomic mass is 19.4. The normalized spacial score (nSPS) is 16.5. The van der Waals surface area contributed by atoms with Gasteiger partial charge in [0, 0.05) is 31.3 Å². The van der Waals surface area contributed by atoms with Gasteiger partial charge in [-0.2, -0.15) is 13.2 Å². The smallest absolute Gasteiger partial charge is 0.330 e. The molecule has 0 spiro atoms. The van der Waals surface area contributed by atoms with Crippen LogP contribution < -0.4 is 5.32 Å². The number of hydrogen-bond donors (Lipinski definition) is 1. The fraction of sp³-hybridized carbons (Fsp3) is 0.250. The Morgan fingerprint density at radius 2 is 1.97 bits per heavy atom. The summed E-state index contributed by atoms with van der Waals surface area (Å²) in [6, 6.07) is 6.64. The molecule has 1 aliphatic rings. The van der Waals surface area contributed by atoms with Gasteiger partial charge >= 0.3 is 6.18 Å². The highest BCUT2D eigenvalue weighted by Crippen LogP contribution is 2.33. The third kappa shape index (κ3) is 4.22. The molecule has 0 bridgehead atoms. The van der Waals surface area contributed by atoms with Crippen molar-refractivity contribution >= 4 is 17.7 Å². The minimum Gasteiger partial charge on any atom is -0.330 e. The number of alkyl halides is 3. The van der Waals surface area contributed by atoms with E-state index >= 15 is 0 Å². The van der Waals surface area contributed by atoms with Gasteiger partial charge in [-0.15, -0.1) is 0 Å². The van der Waals surface area contributed by atoms with E-state index in [0.29, 0.717) is 17.8 Å². The molecule has 1 atom stereocenters. The van der Waals surface area contributed by atoms with Gasteiger partial charge in [-0.3, -0.25) is 9.78 Å². The average Bonchev–Trinajstić information content (AvgIpc) is 3.24. The number of rotatable bonds is 4. The molecule has 1 amide bonds. The number of hydrogen-bond acceptors (Lipinski definition) is 6. The Bertz CT molecular complexity index is 1040. The second kappa shape index (κ2) is 8.05. The number of nitrogens with one attached hydrogen (secondary N) is 1. The third-order valence-electron chi connectivity index (χ3n) is 4.77. The molecule has 4 heterocycles. The van der Waals surface area contributed by atoms with Gasteiger partial charge in [0.2, 0.25) is 5.95 Å². The summed E-state index contributed by atoms with van der Waals surface area (Å²) in [4.78, 5) is 30.9. The lowest BCUT2D eigenvalue weighted by atomic mass is 10.1. The quantitative estimate of drug-likeness (QED) is 0.695. The SMILES string of the molecule is O=C(c1cccnc1)N1CCC[C@@H]1c1ccnc(Nc2cc(C(F)(F)F)ccn2)n1. The minimum atomic E-state index is -4.47. The standard InChI is InChI=1S/C20H17F3N6O/c21-20(22,23)14-5-8-25-17(11-14)28-19-26-9-6-15(27-19)16-4-2-10-29(16)18(30)13-3-1-7-24-12-13/h1,3,5-9,11-12,16H,2,4,10H2,(H,25,26,27,28)/t16-/m1/s1. The van der Waals surface area contributed by atoms with Gasteiger partial charge in [0.1, 0.15) is 5.82 Å². The molecule has 1 N–H and O–H groups in total. The zero-order valence-electron chi connectivity index (χ0n) is 15.7. The number of carbonyl (C=O) groups is 1. The van der Waals surface area contributed by atoms with Crippen LogP contribution in [0.5, 0.6) is 0 Å². The van der Waals surface area contributed by atoms with Crippen molar-refractivity contribution in [1.29, 1.82) is 0 Å². The van der Waals surface area contributed by atoms with Gasteiger partial charge in [-0.1, -0.05) is 0 Å². The van der Waals surface area contributed by atoms with E-state index in [4.69, 9.17) is 0 Å². The van der Waals surface area contributed by atoms with Crippen LogP contribution in [0, 0.1) is 0 Å².